The molecule has 0 fully saturated rings. The van der Waals surface area contributed by atoms with Crippen LogP contribution in [-0.4, -0.2) is 33.3 Å². The van der Waals surface area contributed by atoms with Crippen molar-refractivity contribution in [3.05, 3.63) is 23.8 Å². The van der Waals surface area contributed by atoms with E-state index in [-0.39, 0.29) is 23.4 Å². The van der Waals surface area contributed by atoms with Gasteiger partial charge in [0.1, 0.15) is 17.4 Å². The first-order chi connectivity index (χ1) is 7.95. The van der Waals surface area contributed by atoms with Crippen molar-refractivity contribution in [1.82, 2.24) is 0 Å². The zero-order valence-electron chi connectivity index (χ0n) is 9.17. The van der Waals surface area contributed by atoms with E-state index in [2.05, 4.69) is 5.32 Å². The molecule has 1 aromatic rings. The van der Waals surface area contributed by atoms with Gasteiger partial charge in [0.05, 0.1) is 0 Å². The van der Waals surface area contributed by atoms with E-state index in [0.29, 0.717) is 0 Å². The highest BCUT2D eigenvalue weighted by molar-refractivity contribution is 5.97. The Bertz CT molecular complexity index is 443. The van der Waals surface area contributed by atoms with Gasteiger partial charge in [0.25, 0.3) is 5.91 Å². The van der Waals surface area contributed by atoms with Gasteiger partial charge >= 0.3 is 5.97 Å². The summed E-state index contributed by atoms with van der Waals surface area (Å²) in [5.41, 5.74) is -0.105. The average Bonchev–Trinajstić information content (AvgIpc) is 2.30. The second-order valence-electron chi connectivity index (χ2n) is 3.45. The van der Waals surface area contributed by atoms with E-state index in [9.17, 15) is 19.8 Å². The summed E-state index contributed by atoms with van der Waals surface area (Å²) in [6.07, 6.45) is -0.882. The smallest absolute Gasteiger partial charge is 0.339 e. The number of benzene rings is 1. The van der Waals surface area contributed by atoms with Crippen LogP contribution >= 0.6 is 0 Å². The summed E-state index contributed by atoms with van der Waals surface area (Å²) in [7, 11) is 0. The number of rotatable bonds is 4. The van der Waals surface area contributed by atoms with Gasteiger partial charge in [-0.1, -0.05) is 6.92 Å². The first-order valence-corrected chi connectivity index (χ1v) is 5.01. The monoisotopic (exact) mass is 239 g/mol. The van der Waals surface area contributed by atoms with Gasteiger partial charge in [0.15, 0.2) is 0 Å². The van der Waals surface area contributed by atoms with Gasteiger partial charge in [-0.15, -0.1) is 0 Å². The SMILES string of the molecule is CC[C@@H](O)C(=O)Nc1ccc(O)c(C(=O)O)c1. The molecule has 0 radical (unpaired) electrons. The van der Waals surface area contributed by atoms with Crippen molar-refractivity contribution in [3.8, 4) is 5.75 Å². The van der Waals surface area contributed by atoms with Crippen LogP contribution in [0.25, 0.3) is 0 Å². The maximum atomic E-state index is 11.3. The molecule has 92 valence electrons. The third kappa shape index (κ3) is 3.18. The molecule has 0 aliphatic heterocycles. The first kappa shape index (κ1) is 13.0. The minimum Gasteiger partial charge on any atom is -0.507 e. The first-order valence-electron chi connectivity index (χ1n) is 5.01. The molecule has 0 spiro atoms. The molecule has 0 saturated heterocycles. The molecule has 0 heterocycles. The van der Waals surface area contributed by atoms with Crippen LogP contribution in [0.3, 0.4) is 0 Å². The summed E-state index contributed by atoms with van der Waals surface area (Å²) in [5.74, 6) is -2.30. The highest BCUT2D eigenvalue weighted by Crippen LogP contribution is 2.21. The fourth-order valence-corrected chi connectivity index (χ4v) is 1.20. The van der Waals surface area contributed by atoms with Crippen molar-refractivity contribution < 1.29 is 24.9 Å². The Labute approximate surface area is 97.5 Å². The maximum Gasteiger partial charge on any atom is 0.339 e. The molecule has 1 aromatic carbocycles. The van der Waals surface area contributed by atoms with Crippen molar-refractivity contribution in [2.75, 3.05) is 5.32 Å². The number of amides is 1. The molecule has 1 atom stereocenters. The van der Waals surface area contributed by atoms with Crippen LogP contribution in [0.4, 0.5) is 5.69 Å². The van der Waals surface area contributed by atoms with Crippen LogP contribution in [0.1, 0.15) is 23.7 Å². The summed E-state index contributed by atoms with van der Waals surface area (Å²) < 4.78 is 0. The van der Waals surface area contributed by atoms with Crippen LogP contribution in [0.15, 0.2) is 18.2 Å². The van der Waals surface area contributed by atoms with Gasteiger partial charge in [-0.25, -0.2) is 4.79 Å². The number of carbonyl (C=O) groups excluding carboxylic acids is 1. The van der Waals surface area contributed by atoms with E-state index in [0.717, 1.165) is 12.1 Å². The van der Waals surface area contributed by atoms with E-state index in [1.54, 1.807) is 6.92 Å². The van der Waals surface area contributed by atoms with Gasteiger partial charge in [-0.05, 0) is 24.6 Å². The Morgan fingerprint density at radius 2 is 2.06 bits per heavy atom. The maximum absolute atomic E-state index is 11.3. The lowest BCUT2D eigenvalue weighted by Gasteiger charge is -2.10. The zero-order chi connectivity index (χ0) is 13.0. The number of hydrogen-bond donors (Lipinski definition) is 4. The fourth-order valence-electron chi connectivity index (χ4n) is 1.20. The fraction of sp³-hybridized carbons (Fsp3) is 0.273. The van der Waals surface area contributed by atoms with Gasteiger partial charge in [0, 0.05) is 5.69 Å². The van der Waals surface area contributed by atoms with Crippen molar-refractivity contribution >= 4 is 17.6 Å². The predicted octanol–water partition coefficient (Wildman–Crippen LogP) is 0.800. The molecular formula is C11H13NO5. The summed E-state index contributed by atoms with van der Waals surface area (Å²) >= 11 is 0. The number of carboxylic acid groups (broad SMARTS) is 1. The summed E-state index contributed by atoms with van der Waals surface area (Å²) in [6, 6.07) is 3.64. The number of aliphatic hydroxyl groups excluding tert-OH is 1. The molecule has 0 aliphatic rings. The molecule has 4 N–H and O–H groups in total. The number of aliphatic hydroxyl groups is 1. The Morgan fingerprint density at radius 3 is 2.59 bits per heavy atom. The Kier molecular flexibility index (Phi) is 4.06. The predicted molar refractivity (Wildman–Crippen MR) is 60.0 cm³/mol. The van der Waals surface area contributed by atoms with Gasteiger partial charge in [0.2, 0.25) is 0 Å². The van der Waals surface area contributed by atoms with E-state index >= 15 is 0 Å². The summed E-state index contributed by atoms with van der Waals surface area (Å²) in [5, 5.41) is 29.6. The number of aromatic carboxylic acids is 1. The molecule has 1 amide bonds. The lowest BCUT2D eigenvalue weighted by Crippen LogP contribution is -2.26. The Balaban J connectivity index is 2.90. The van der Waals surface area contributed by atoms with Crippen molar-refractivity contribution in [2.24, 2.45) is 0 Å². The molecule has 0 bridgehead atoms. The van der Waals surface area contributed by atoms with Gasteiger partial charge in [-0.2, -0.15) is 0 Å². The Hall–Kier alpha value is -2.08. The molecule has 1 rings (SSSR count). The van der Waals surface area contributed by atoms with Crippen molar-refractivity contribution in [3.63, 3.8) is 0 Å². The minimum absolute atomic E-state index is 0.206. The van der Waals surface area contributed by atoms with Crippen molar-refractivity contribution in [2.45, 2.75) is 19.4 Å². The molecule has 6 heteroatoms. The number of hydrogen-bond acceptors (Lipinski definition) is 4. The topological polar surface area (TPSA) is 107 Å². The number of nitrogens with one attached hydrogen (secondary N) is 1. The third-order valence-corrected chi connectivity index (χ3v) is 2.18. The molecule has 0 aliphatic carbocycles. The van der Waals surface area contributed by atoms with E-state index in [1.165, 1.54) is 6.07 Å². The van der Waals surface area contributed by atoms with Crippen LogP contribution in [-0.2, 0) is 4.79 Å². The van der Waals surface area contributed by atoms with Crippen LogP contribution in [0, 0.1) is 0 Å². The quantitative estimate of drug-likeness (QED) is 0.581. The number of carboxylic acids is 1. The molecule has 0 unspecified atom stereocenters. The minimum atomic E-state index is -1.30. The highest BCUT2D eigenvalue weighted by atomic mass is 16.4. The normalized spacial score (nSPS) is 11.9. The molecule has 0 saturated carbocycles. The second-order valence-corrected chi connectivity index (χ2v) is 3.45. The third-order valence-electron chi connectivity index (χ3n) is 2.18. The molecule has 0 aromatic heterocycles. The highest BCUT2D eigenvalue weighted by Gasteiger charge is 2.15. The molecular weight excluding hydrogens is 226 g/mol. The van der Waals surface area contributed by atoms with Crippen LogP contribution < -0.4 is 5.32 Å². The largest absolute Gasteiger partial charge is 0.507 e. The lowest BCUT2D eigenvalue weighted by molar-refractivity contribution is -0.124. The average molecular weight is 239 g/mol. The number of carbonyl (C=O) groups is 2. The summed E-state index contributed by atoms with van der Waals surface area (Å²) in [4.78, 5) is 22.1. The van der Waals surface area contributed by atoms with Gasteiger partial charge < -0.3 is 20.6 Å². The standard InChI is InChI=1S/C11H13NO5/c1-2-8(13)10(15)12-6-3-4-9(14)7(5-6)11(16)17/h3-5,8,13-14H,2H2,1H3,(H,12,15)(H,16,17)/t8-/m1/s1. The second kappa shape index (κ2) is 5.31. The van der Waals surface area contributed by atoms with Crippen LogP contribution in [0.2, 0.25) is 0 Å². The van der Waals surface area contributed by atoms with E-state index in [1.807, 2.05) is 0 Å². The van der Waals surface area contributed by atoms with E-state index in [4.69, 9.17) is 5.11 Å². The van der Waals surface area contributed by atoms with Crippen LogP contribution in [0.5, 0.6) is 5.75 Å². The zero-order valence-corrected chi connectivity index (χ0v) is 9.17. The number of phenols is 1. The lowest BCUT2D eigenvalue weighted by atomic mass is 10.1. The Morgan fingerprint density at radius 1 is 1.41 bits per heavy atom. The van der Waals surface area contributed by atoms with Gasteiger partial charge in [-0.3, -0.25) is 4.79 Å². The number of anilines is 1. The molecule has 6 nitrogen and oxygen atoms in total. The summed E-state index contributed by atoms with van der Waals surface area (Å²) in [6.45, 7) is 1.64. The molecule has 17 heavy (non-hydrogen) atoms. The number of aromatic hydroxyl groups is 1. The van der Waals surface area contributed by atoms with Crippen molar-refractivity contribution in [1.29, 1.82) is 0 Å². The van der Waals surface area contributed by atoms with E-state index < -0.39 is 18.0 Å².